The molecule has 2 nitrogen and oxygen atoms in total. The second kappa shape index (κ2) is 4.12. The number of hydrogen-bond acceptors (Lipinski definition) is 1. The summed E-state index contributed by atoms with van der Waals surface area (Å²) in [6, 6.07) is 6.90. The van der Waals surface area contributed by atoms with E-state index in [4.69, 9.17) is 11.6 Å². The maximum Gasteiger partial charge on any atom is 0.252 e. The van der Waals surface area contributed by atoms with Gasteiger partial charge < -0.3 is 5.32 Å². The normalized spacial score (nSPS) is 9.50. The lowest BCUT2D eigenvalue weighted by atomic mass is 10.2. The van der Waals surface area contributed by atoms with Crippen LogP contribution in [0.25, 0.3) is 0 Å². The third kappa shape index (κ3) is 1.98. The summed E-state index contributed by atoms with van der Waals surface area (Å²) in [6.07, 6.45) is 0. The van der Waals surface area contributed by atoms with Gasteiger partial charge in [0.1, 0.15) is 0 Å². The summed E-state index contributed by atoms with van der Waals surface area (Å²) < 4.78 is 0. The molecule has 0 aliphatic rings. The molecule has 1 rings (SSSR count). The van der Waals surface area contributed by atoms with Gasteiger partial charge in [0.2, 0.25) is 0 Å². The minimum atomic E-state index is -0.185. The zero-order valence-corrected chi connectivity index (χ0v) is 7.27. The van der Waals surface area contributed by atoms with Crippen molar-refractivity contribution in [3.63, 3.8) is 0 Å². The SMILES string of the molecule is [CH2]CNC(=O)c1ccccc1Cl. The van der Waals surface area contributed by atoms with Crippen molar-refractivity contribution in [2.75, 3.05) is 6.54 Å². The van der Waals surface area contributed by atoms with Gasteiger partial charge in [-0.25, -0.2) is 0 Å². The van der Waals surface area contributed by atoms with E-state index in [2.05, 4.69) is 12.2 Å². The van der Waals surface area contributed by atoms with Crippen LogP contribution in [0.1, 0.15) is 10.4 Å². The molecule has 0 bridgehead atoms. The van der Waals surface area contributed by atoms with E-state index in [0.717, 1.165) is 0 Å². The molecule has 0 unspecified atom stereocenters. The number of rotatable bonds is 2. The van der Waals surface area contributed by atoms with Crippen LogP contribution in [-0.4, -0.2) is 12.5 Å². The summed E-state index contributed by atoms with van der Waals surface area (Å²) in [7, 11) is 0. The van der Waals surface area contributed by atoms with Crippen molar-refractivity contribution in [2.45, 2.75) is 0 Å². The molecule has 1 N–H and O–H groups in total. The first-order chi connectivity index (χ1) is 5.75. The molecule has 1 radical (unpaired) electrons. The van der Waals surface area contributed by atoms with Crippen LogP contribution in [0.5, 0.6) is 0 Å². The van der Waals surface area contributed by atoms with Gasteiger partial charge in [0.15, 0.2) is 0 Å². The number of benzene rings is 1. The van der Waals surface area contributed by atoms with Crippen LogP contribution in [0.4, 0.5) is 0 Å². The van der Waals surface area contributed by atoms with Crippen molar-refractivity contribution >= 4 is 17.5 Å². The van der Waals surface area contributed by atoms with Crippen molar-refractivity contribution < 1.29 is 4.79 Å². The van der Waals surface area contributed by atoms with Crippen molar-refractivity contribution in [3.05, 3.63) is 41.8 Å². The minimum absolute atomic E-state index is 0.185. The van der Waals surface area contributed by atoms with Gasteiger partial charge in [0, 0.05) is 6.54 Å². The molecule has 0 saturated heterocycles. The number of nitrogens with one attached hydrogen (secondary N) is 1. The predicted molar refractivity (Wildman–Crippen MR) is 49.1 cm³/mol. The first-order valence-corrected chi connectivity index (χ1v) is 3.95. The number of hydrogen-bond donors (Lipinski definition) is 1. The molecule has 0 saturated carbocycles. The van der Waals surface area contributed by atoms with Crippen molar-refractivity contribution in [3.8, 4) is 0 Å². The number of carbonyl (C=O) groups is 1. The second-order valence-corrected chi connectivity index (χ2v) is 2.64. The molecule has 12 heavy (non-hydrogen) atoms. The van der Waals surface area contributed by atoms with E-state index in [1.54, 1.807) is 24.3 Å². The maximum atomic E-state index is 11.2. The summed E-state index contributed by atoms with van der Waals surface area (Å²) in [5.74, 6) is -0.185. The van der Waals surface area contributed by atoms with Crippen molar-refractivity contribution in [1.82, 2.24) is 5.32 Å². The molecule has 0 atom stereocenters. The molecule has 1 amide bonds. The Morgan fingerprint density at radius 1 is 1.50 bits per heavy atom. The van der Waals surface area contributed by atoms with Crippen LogP contribution in [0.3, 0.4) is 0 Å². The van der Waals surface area contributed by atoms with E-state index in [9.17, 15) is 4.79 Å². The Labute approximate surface area is 76.5 Å². The molecule has 63 valence electrons. The van der Waals surface area contributed by atoms with E-state index in [-0.39, 0.29) is 5.91 Å². The van der Waals surface area contributed by atoms with Crippen molar-refractivity contribution in [2.24, 2.45) is 0 Å². The fraction of sp³-hybridized carbons (Fsp3) is 0.111. The molecule has 0 spiro atoms. The molecule has 0 aliphatic heterocycles. The Morgan fingerprint density at radius 3 is 2.75 bits per heavy atom. The third-order valence-corrected chi connectivity index (χ3v) is 1.73. The minimum Gasteiger partial charge on any atom is -0.352 e. The van der Waals surface area contributed by atoms with E-state index in [0.29, 0.717) is 17.1 Å². The standard InChI is InChI=1S/C9H9ClNO/c1-2-11-9(12)7-5-3-4-6-8(7)10/h3-6H,1-2H2,(H,11,12). The van der Waals surface area contributed by atoms with Crippen LogP contribution in [-0.2, 0) is 0 Å². The molecular formula is C9H9ClNO. The first-order valence-electron chi connectivity index (χ1n) is 3.57. The van der Waals surface area contributed by atoms with Gasteiger partial charge in [0.25, 0.3) is 5.91 Å². The van der Waals surface area contributed by atoms with E-state index in [1.807, 2.05) is 0 Å². The molecule has 0 aromatic heterocycles. The first kappa shape index (κ1) is 9.07. The highest BCUT2D eigenvalue weighted by Crippen LogP contribution is 2.14. The van der Waals surface area contributed by atoms with Gasteiger partial charge in [-0.15, -0.1) is 0 Å². The quantitative estimate of drug-likeness (QED) is 0.744. The summed E-state index contributed by atoms with van der Waals surface area (Å²) in [4.78, 5) is 11.2. The third-order valence-electron chi connectivity index (χ3n) is 1.40. The number of halogens is 1. The molecular weight excluding hydrogens is 174 g/mol. The summed E-state index contributed by atoms with van der Waals surface area (Å²) >= 11 is 5.77. The van der Waals surface area contributed by atoms with Gasteiger partial charge in [-0.2, -0.15) is 0 Å². The van der Waals surface area contributed by atoms with Crippen LogP contribution in [0, 0.1) is 6.92 Å². The Hall–Kier alpha value is -1.02. The topological polar surface area (TPSA) is 29.1 Å². The van der Waals surface area contributed by atoms with Crippen LogP contribution >= 0.6 is 11.6 Å². The lowest BCUT2D eigenvalue weighted by Crippen LogP contribution is -2.22. The zero-order chi connectivity index (χ0) is 8.97. The summed E-state index contributed by atoms with van der Waals surface area (Å²) in [5.41, 5.74) is 0.489. The fourth-order valence-electron chi connectivity index (χ4n) is 0.854. The Morgan fingerprint density at radius 2 is 2.17 bits per heavy atom. The van der Waals surface area contributed by atoms with Crippen LogP contribution in [0.2, 0.25) is 5.02 Å². The monoisotopic (exact) mass is 182 g/mol. The molecule has 1 aromatic rings. The largest absolute Gasteiger partial charge is 0.352 e. The van der Waals surface area contributed by atoms with Gasteiger partial charge in [-0.1, -0.05) is 23.7 Å². The molecule has 0 aliphatic carbocycles. The summed E-state index contributed by atoms with van der Waals surface area (Å²) in [6.45, 7) is 3.87. The Balaban J connectivity index is 2.87. The van der Waals surface area contributed by atoms with Gasteiger partial charge in [0.05, 0.1) is 10.6 Å². The highest BCUT2D eigenvalue weighted by Gasteiger charge is 2.06. The van der Waals surface area contributed by atoms with Gasteiger partial charge in [-0.3, -0.25) is 4.79 Å². The number of carbonyl (C=O) groups excluding carboxylic acids is 1. The van der Waals surface area contributed by atoms with Crippen molar-refractivity contribution in [1.29, 1.82) is 0 Å². The smallest absolute Gasteiger partial charge is 0.252 e. The molecule has 1 aromatic carbocycles. The molecule has 0 fully saturated rings. The van der Waals surface area contributed by atoms with Crippen LogP contribution in [0.15, 0.2) is 24.3 Å². The van der Waals surface area contributed by atoms with E-state index < -0.39 is 0 Å². The zero-order valence-electron chi connectivity index (χ0n) is 6.51. The molecule has 3 heteroatoms. The Kier molecular flexibility index (Phi) is 3.11. The lowest BCUT2D eigenvalue weighted by molar-refractivity contribution is 0.0958. The maximum absolute atomic E-state index is 11.2. The fourth-order valence-corrected chi connectivity index (χ4v) is 1.08. The lowest BCUT2D eigenvalue weighted by Gasteiger charge is -2.02. The van der Waals surface area contributed by atoms with E-state index >= 15 is 0 Å². The van der Waals surface area contributed by atoms with Crippen LogP contribution < -0.4 is 5.32 Å². The van der Waals surface area contributed by atoms with E-state index in [1.165, 1.54) is 0 Å². The average Bonchev–Trinajstić information content (AvgIpc) is 2.05. The average molecular weight is 183 g/mol. The highest BCUT2D eigenvalue weighted by molar-refractivity contribution is 6.33. The van der Waals surface area contributed by atoms with Gasteiger partial charge in [-0.05, 0) is 19.1 Å². The predicted octanol–water partition coefficient (Wildman–Crippen LogP) is 1.90. The van der Waals surface area contributed by atoms with Gasteiger partial charge >= 0.3 is 0 Å². The molecule has 0 heterocycles. The highest BCUT2D eigenvalue weighted by atomic mass is 35.5. The number of amides is 1. The summed E-state index contributed by atoms with van der Waals surface area (Å²) in [5, 5.41) is 3.03. The Bertz CT molecular complexity index is 286. The second-order valence-electron chi connectivity index (χ2n) is 2.24.